The van der Waals surface area contributed by atoms with Crippen molar-refractivity contribution in [2.45, 2.75) is 58.4 Å². The fourth-order valence-electron chi connectivity index (χ4n) is 2.65. The SMILES string of the molecule is CCCCCCn1c(C(C)Cl)nc2c(OCC)cccc21. The maximum atomic E-state index is 6.33. The first-order valence-corrected chi connectivity index (χ1v) is 8.38. The first kappa shape index (κ1) is 16.2. The summed E-state index contributed by atoms with van der Waals surface area (Å²) in [7, 11) is 0. The number of nitrogens with zero attached hydrogens (tertiary/aromatic N) is 2. The van der Waals surface area contributed by atoms with Gasteiger partial charge in [-0.2, -0.15) is 0 Å². The lowest BCUT2D eigenvalue weighted by molar-refractivity contribution is 0.343. The number of aryl methyl sites for hydroxylation is 1. The van der Waals surface area contributed by atoms with E-state index in [1.165, 1.54) is 19.3 Å². The van der Waals surface area contributed by atoms with Gasteiger partial charge in [0.15, 0.2) is 0 Å². The van der Waals surface area contributed by atoms with Gasteiger partial charge < -0.3 is 9.30 Å². The van der Waals surface area contributed by atoms with Crippen molar-refractivity contribution in [3.05, 3.63) is 24.0 Å². The highest BCUT2D eigenvalue weighted by Crippen LogP contribution is 2.30. The Bertz CT molecular complexity index is 577. The van der Waals surface area contributed by atoms with Gasteiger partial charge in [-0.25, -0.2) is 4.98 Å². The molecular formula is C17H25ClN2O. The first-order chi connectivity index (χ1) is 10.2. The molecule has 0 saturated heterocycles. The predicted octanol–water partition coefficient (Wildman–Crippen LogP) is 5.32. The molecule has 0 spiro atoms. The summed E-state index contributed by atoms with van der Waals surface area (Å²) in [5, 5.41) is -0.0990. The second-order valence-corrected chi connectivity index (χ2v) is 6.01. The lowest BCUT2D eigenvalue weighted by Gasteiger charge is -2.10. The van der Waals surface area contributed by atoms with Crippen LogP contribution in [0.15, 0.2) is 18.2 Å². The average Bonchev–Trinajstić information content (AvgIpc) is 2.84. The molecule has 0 radical (unpaired) electrons. The van der Waals surface area contributed by atoms with Gasteiger partial charge in [-0.3, -0.25) is 0 Å². The van der Waals surface area contributed by atoms with Crippen molar-refractivity contribution < 1.29 is 4.74 Å². The quantitative estimate of drug-likeness (QED) is 0.488. The van der Waals surface area contributed by atoms with Crippen molar-refractivity contribution in [1.82, 2.24) is 9.55 Å². The molecule has 21 heavy (non-hydrogen) atoms. The number of unbranched alkanes of at least 4 members (excludes halogenated alkanes) is 3. The summed E-state index contributed by atoms with van der Waals surface area (Å²) in [4.78, 5) is 4.74. The van der Waals surface area contributed by atoms with Crippen LogP contribution in [0.5, 0.6) is 5.75 Å². The number of fused-ring (bicyclic) bond motifs is 1. The van der Waals surface area contributed by atoms with Gasteiger partial charge in [-0.1, -0.05) is 32.3 Å². The Balaban J connectivity index is 2.36. The van der Waals surface area contributed by atoms with Crippen molar-refractivity contribution in [3.63, 3.8) is 0 Å². The van der Waals surface area contributed by atoms with Gasteiger partial charge in [0.25, 0.3) is 0 Å². The Labute approximate surface area is 132 Å². The minimum absolute atomic E-state index is 0.0990. The van der Waals surface area contributed by atoms with E-state index in [4.69, 9.17) is 21.3 Å². The van der Waals surface area contributed by atoms with Crippen molar-refractivity contribution in [1.29, 1.82) is 0 Å². The molecule has 1 aromatic carbocycles. The maximum Gasteiger partial charge on any atom is 0.147 e. The molecule has 4 heteroatoms. The Hall–Kier alpha value is -1.22. The molecular weight excluding hydrogens is 284 g/mol. The average molecular weight is 309 g/mol. The van der Waals surface area contributed by atoms with Gasteiger partial charge in [0.1, 0.15) is 17.1 Å². The number of hydrogen-bond acceptors (Lipinski definition) is 2. The molecule has 0 aliphatic carbocycles. The molecule has 0 aliphatic rings. The van der Waals surface area contributed by atoms with E-state index in [0.29, 0.717) is 6.61 Å². The van der Waals surface area contributed by atoms with Crippen LogP contribution in [0.25, 0.3) is 11.0 Å². The Morgan fingerprint density at radius 1 is 1.24 bits per heavy atom. The number of rotatable bonds is 8. The Kier molecular flexibility index (Phi) is 5.92. The van der Waals surface area contributed by atoms with E-state index in [-0.39, 0.29) is 5.38 Å². The zero-order chi connectivity index (χ0) is 15.2. The van der Waals surface area contributed by atoms with Crippen LogP contribution in [0.3, 0.4) is 0 Å². The molecule has 0 aliphatic heterocycles. The summed E-state index contributed by atoms with van der Waals surface area (Å²) >= 11 is 6.33. The van der Waals surface area contributed by atoms with Crippen LogP contribution >= 0.6 is 11.6 Å². The number of benzene rings is 1. The van der Waals surface area contributed by atoms with Crippen molar-refractivity contribution >= 4 is 22.6 Å². The second kappa shape index (κ2) is 7.69. The molecule has 3 nitrogen and oxygen atoms in total. The Morgan fingerprint density at radius 2 is 2.05 bits per heavy atom. The summed E-state index contributed by atoms with van der Waals surface area (Å²) in [6.07, 6.45) is 4.94. The maximum absolute atomic E-state index is 6.33. The van der Waals surface area contributed by atoms with E-state index < -0.39 is 0 Å². The predicted molar refractivity (Wildman–Crippen MR) is 89.3 cm³/mol. The normalized spacial score (nSPS) is 12.8. The highest BCUT2D eigenvalue weighted by atomic mass is 35.5. The third-order valence-corrected chi connectivity index (χ3v) is 3.86. The Morgan fingerprint density at radius 3 is 2.71 bits per heavy atom. The molecule has 1 unspecified atom stereocenters. The van der Waals surface area contributed by atoms with Crippen molar-refractivity contribution in [2.75, 3.05) is 6.61 Å². The fourth-order valence-corrected chi connectivity index (χ4v) is 2.81. The van der Waals surface area contributed by atoms with Crippen molar-refractivity contribution in [2.24, 2.45) is 0 Å². The molecule has 0 N–H and O–H groups in total. The zero-order valence-corrected chi connectivity index (χ0v) is 14.0. The van der Waals surface area contributed by atoms with Gasteiger partial charge >= 0.3 is 0 Å². The number of ether oxygens (including phenoxy) is 1. The largest absolute Gasteiger partial charge is 0.492 e. The molecule has 1 heterocycles. The summed E-state index contributed by atoms with van der Waals surface area (Å²) in [5.74, 6) is 1.79. The lowest BCUT2D eigenvalue weighted by Crippen LogP contribution is -2.04. The van der Waals surface area contributed by atoms with E-state index in [0.717, 1.165) is 35.6 Å². The van der Waals surface area contributed by atoms with Crippen LogP contribution < -0.4 is 4.74 Å². The topological polar surface area (TPSA) is 27.1 Å². The molecule has 0 fully saturated rings. The first-order valence-electron chi connectivity index (χ1n) is 7.95. The molecule has 1 aromatic heterocycles. The van der Waals surface area contributed by atoms with E-state index in [1.54, 1.807) is 0 Å². The second-order valence-electron chi connectivity index (χ2n) is 5.36. The zero-order valence-electron chi connectivity index (χ0n) is 13.2. The molecule has 2 rings (SSSR count). The van der Waals surface area contributed by atoms with Gasteiger partial charge in [0, 0.05) is 6.54 Å². The molecule has 0 bridgehead atoms. The summed E-state index contributed by atoms with van der Waals surface area (Å²) < 4.78 is 7.95. The van der Waals surface area contributed by atoms with E-state index in [2.05, 4.69) is 17.6 Å². The van der Waals surface area contributed by atoms with Crippen LogP contribution in [0.4, 0.5) is 0 Å². The third kappa shape index (κ3) is 3.70. The number of alkyl halides is 1. The molecule has 2 aromatic rings. The smallest absolute Gasteiger partial charge is 0.147 e. The lowest BCUT2D eigenvalue weighted by atomic mass is 10.2. The van der Waals surface area contributed by atoms with Gasteiger partial charge in [0.05, 0.1) is 17.5 Å². The van der Waals surface area contributed by atoms with Crippen LogP contribution in [0.2, 0.25) is 0 Å². The van der Waals surface area contributed by atoms with Gasteiger partial charge in [-0.05, 0) is 32.4 Å². The monoisotopic (exact) mass is 308 g/mol. The van der Waals surface area contributed by atoms with Crippen LogP contribution in [0.1, 0.15) is 57.7 Å². The third-order valence-electron chi connectivity index (χ3n) is 3.66. The minimum atomic E-state index is -0.0990. The fraction of sp³-hybridized carbons (Fsp3) is 0.588. The van der Waals surface area contributed by atoms with Crippen LogP contribution in [0, 0.1) is 0 Å². The van der Waals surface area contributed by atoms with Crippen LogP contribution in [-0.4, -0.2) is 16.2 Å². The summed E-state index contributed by atoms with van der Waals surface area (Å²) in [6, 6.07) is 6.11. The van der Waals surface area contributed by atoms with E-state index >= 15 is 0 Å². The molecule has 0 amide bonds. The minimum Gasteiger partial charge on any atom is -0.492 e. The highest BCUT2D eigenvalue weighted by molar-refractivity contribution is 6.20. The highest BCUT2D eigenvalue weighted by Gasteiger charge is 2.17. The number of para-hydroxylation sites is 1. The molecule has 0 saturated carbocycles. The number of imidazole rings is 1. The van der Waals surface area contributed by atoms with E-state index in [9.17, 15) is 0 Å². The summed E-state index contributed by atoms with van der Waals surface area (Å²) in [6.45, 7) is 7.82. The number of aromatic nitrogens is 2. The van der Waals surface area contributed by atoms with Gasteiger partial charge in [0.2, 0.25) is 0 Å². The molecule has 1 atom stereocenters. The summed E-state index contributed by atoms with van der Waals surface area (Å²) in [5.41, 5.74) is 2.05. The van der Waals surface area contributed by atoms with Crippen molar-refractivity contribution in [3.8, 4) is 5.75 Å². The van der Waals surface area contributed by atoms with E-state index in [1.807, 2.05) is 26.0 Å². The molecule has 116 valence electrons. The number of halogens is 1. The standard InChI is InChI=1S/C17H25ClN2O/c1-4-6-7-8-12-20-14-10-9-11-15(21-5-2)16(14)19-17(20)13(3)18/h9-11,13H,4-8,12H2,1-3H3. The van der Waals surface area contributed by atoms with Crippen LogP contribution in [-0.2, 0) is 6.54 Å². The number of hydrogen-bond donors (Lipinski definition) is 0. The van der Waals surface area contributed by atoms with Gasteiger partial charge in [-0.15, -0.1) is 11.6 Å².